The summed E-state index contributed by atoms with van der Waals surface area (Å²) in [5.74, 6) is 0.891. The largest absolute Gasteiger partial charge is 0.379 e. The van der Waals surface area contributed by atoms with E-state index in [2.05, 4.69) is 67.0 Å². The van der Waals surface area contributed by atoms with Crippen molar-refractivity contribution in [2.24, 2.45) is 4.99 Å². The normalized spacial score (nSPS) is 17.6. The van der Waals surface area contributed by atoms with Gasteiger partial charge in [0.2, 0.25) is 0 Å². The molecule has 6 nitrogen and oxygen atoms in total. The van der Waals surface area contributed by atoms with Gasteiger partial charge in [-0.15, -0.1) is 0 Å². The molecule has 0 amide bonds. The maximum atomic E-state index is 5.46. The third-order valence-electron chi connectivity index (χ3n) is 4.99. The summed E-state index contributed by atoms with van der Waals surface area (Å²) in [6, 6.07) is 1.18. The lowest BCUT2D eigenvalue weighted by Gasteiger charge is -2.41. The van der Waals surface area contributed by atoms with Gasteiger partial charge < -0.3 is 15.4 Å². The van der Waals surface area contributed by atoms with E-state index in [-0.39, 0.29) is 5.54 Å². The van der Waals surface area contributed by atoms with E-state index in [9.17, 15) is 0 Å². The van der Waals surface area contributed by atoms with Crippen LogP contribution in [0.1, 0.15) is 48.0 Å². The number of nitrogens with zero attached hydrogens (tertiary/aromatic N) is 3. The lowest BCUT2D eigenvalue weighted by Crippen LogP contribution is -2.56. The van der Waals surface area contributed by atoms with Crippen molar-refractivity contribution >= 4 is 5.96 Å². The summed E-state index contributed by atoms with van der Waals surface area (Å²) in [7, 11) is 1.84. The third-order valence-corrected chi connectivity index (χ3v) is 4.99. The first-order valence-corrected chi connectivity index (χ1v) is 9.81. The van der Waals surface area contributed by atoms with E-state index in [0.717, 1.165) is 58.3 Å². The third kappa shape index (κ3) is 7.92. The molecule has 1 aliphatic rings. The summed E-state index contributed by atoms with van der Waals surface area (Å²) in [6.07, 6.45) is 1.11. The highest BCUT2D eigenvalue weighted by Gasteiger charge is 2.28. The molecule has 1 aliphatic heterocycles. The molecule has 0 aromatic heterocycles. The number of rotatable bonds is 9. The molecule has 0 aromatic carbocycles. The van der Waals surface area contributed by atoms with Crippen LogP contribution >= 0.6 is 0 Å². The standard InChI is InChI=1S/C19H41N5O/c1-16(2)24(17(3)4)10-8-9-21-18(20-7)22-15-19(5,6)23-11-13-25-14-12-23/h16-17H,8-15H2,1-7H3,(H2,20,21,22). The van der Waals surface area contributed by atoms with Crippen molar-refractivity contribution in [2.45, 2.75) is 65.6 Å². The van der Waals surface area contributed by atoms with Crippen LogP contribution in [0.5, 0.6) is 0 Å². The highest BCUT2D eigenvalue weighted by atomic mass is 16.5. The van der Waals surface area contributed by atoms with Crippen LogP contribution in [-0.4, -0.2) is 86.4 Å². The highest BCUT2D eigenvalue weighted by molar-refractivity contribution is 5.79. The predicted molar refractivity (Wildman–Crippen MR) is 107 cm³/mol. The van der Waals surface area contributed by atoms with Crippen LogP contribution in [0.3, 0.4) is 0 Å². The molecule has 0 spiro atoms. The molecule has 0 saturated carbocycles. The molecule has 1 rings (SSSR count). The smallest absolute Gasteiger partial charge is 0.191 e. The minimum Gasteiger partial charge on any atom is -0.379 e. The van der Waals surface area contributed by atoms with Crippen LogP contribution in [0.25, 0.3) is 0 Å². The van der Waals surface area contributed by atoms with Gasteiger partial charge in [-0.25, -0.2) is 0 Å². The van der Waals surface area contributed by atoms with Gasteiger partial charge in [0.05, 0.1) is 13.2 Å². The molecule has 0 aliphatic carbocycles. The molecule has 0 aromatic rings. The highest BCUT2D eigenvalue weighted by Crippen LogP contribution is 2.14. The lowest BCUT2D eigenvalue weighted by atomic mass is 10.0. The number of morpholine rings is 1. The molecule has 6 heteroatoms. The molecule has 0 unspecified atom stereocenters. The Morgan fingerprint density at radius 1 is 1.12 bits per heavy atom. The Bertz CT molecular complexity index is 381. The van der Waals surface area contributed by atoms with Gasteiger partial charge in [0, 0.05) is 57.4 Å². The van der Waals surface area contributed by atoms with E-state index >= 15 is 0 Å². The Morgan fingerprint density at radius 3 is 2.24 bits per heavy atom. The van der Waals surface area contributed by atoms with E-state index in [1.807, 2.05) is 7.05 Å². The van der Waals surface area contributed by atoms with Gasteiger partial charge in [-0.1, -0.05) is 0 Å². The van der Waals surface area contributed by atoms with Crippen molar-refractivity contribution in [1.29, 1.82) is 0 Å². The summed E-state index contributed by atoms with van der Waals surface area (Å²) in [5, 5.41) is 6.93. The minimum absolute atomic E-state index is 0.0908. The van der Waals surface area contributed by atoms with Gasteiger partial charge in [0.1, 0.15) is 0 Å². The summed E-state index contributed by atoms with van der Waals surface area (Å²) < 4.78 is 5.46. The first-order chi connectivity index (χ1) is 11.8. The summed E-state index contributed by atoms with van der Waals surface area (Å²) in [6.45, 7) is 20.2. The molecule has 0 atom stereocenters. The van der Waals surface area contributed by atoms with Crippen molar-refractivity contribution in [3.05, 3.63) is 0 Å². The van der Waals surface area contributed by atoms with Crippen LogP contribution in [0, 0.1) is 0 Å². The monoisotopic (exact) mass is 355 g/mol. The average molecular weight is 356 g/mol. The zero-order chi connectivity index (χ0) is 18.9. The van der Waals surface area contributed by atoms with Crippen LogP contribution in [0.4, 0.5) is 0 Å². The number of aliphatic imine (C=N–C) groups is 1. The van der Waals surface area contributed by atoms with Crippen LogP contribution in [-0.2, 0) is 4.74 Å². The van der Waals surface area contributed by atoms with Gasteiger partial charge in [0.25, 0.3) is 0 Å². The molecule has 1 fully saturated rings. The lowest BCUT2D eigenvalue weighted by molar-refractivity contribution is -0.00834. The molecular weight excluding hydrogens is 314 g/mol. The number of hydrogen-bond donors (Lipinski definition) is 2. The van der Waals surface area contributed by atoms with E-state index in [0.29, 0.717) is 12.1 Å². The topological polar surface area (TPSA) is 52.1 Å². The summed E-state index contributed by atoms with van der Waals surface area (Å²) >= 11 is 0. The van der Waals surface area contributed by atoms with Crippen molar-refractivity contribution < 1.29 is 4.74 Å². The fraction of sp³-hybridized carbons (Fsp3) is 0.947. The van der Waals surface area contributed by atoms with Crippen LogP contribution < -0.4 is 10.6 Å². The van der Waals surface area contributed by atoms with Crippen LogP contribution in [0.15, 0.2) is 4.99 Å². The van der Waals surface area contributed by atoms with Crippen molar-refractivity contribution in [3.63, 3.8) is 0 Å². The second kappa shape index (κ2) is 11.0. The molecule has 0 radical (unpaired) electrons. The number of nitrogens with one attached hydrogen (secondary N) is 2. The van der Waals surface area contributed by atoms with Crippen LogP contribution in [0.2, 0.25) is 0 Å². The van der Waals surface area contributed by atoms with Gasteiger partial charge in [-0.05, 0) is 48.0 Å². The maximum Gasteiger partial charge on any atom is 0.191 e. The Balaban J connectivity index is 2.32. The van der Waals surface area contributed by atoms with Gasteiger partial charge >= 0.3 is 0 Å². The van der Waals surface area contributed by atoms with Gasteiger partial charge in [-0.2, -0.15) is 0 Å². The first kappa shape index (κ1) is 22.2. The van der Waals surface area contributed by atoms with Crippen molar-refractivity contribution in [3.8, 4) is 0 Å². The minimum atomic E-state index is 0.0908. The Kier molecular flexibility index (Phi) is 9.75. The SMILES string of the molecule is CN=C(NCCCN(C(C)C)C(C)C)NCC(C)(C)N1CCOCC1. The second-order valence-corrected chi connectivity index (χ2v) is 8.04. The predicted octanol–water partition coefficient (Wildman–Crippen LogP) is 1.77. The van der Waals surface area contributed by atoms with Gasteiger partial charge in [0.15, 0.2) is 5.96 Å². The molecule has 148 valence electrons. The molecule has 2 N–H and O–H groups in total. The zero-order valence-electron chi connectivity index (χ0n) is 17.6. The Morgan fingerprint density at radius 2 is 1.72 bits per heavy atom. The van der Waals surface area contributed by atoms with Gasteiger partial charge in [-0.3, -0.25) is 14.8 Å². The Hall–Kier alpha value is -0.850. The molecular formula is C19H41N5O. The molecule has 25 heavy (non-hydrogen) atoms. The fourth-order valence-corrected chi connectivity index (χ4v) is 3.38. The quantitative estimate of drug-likeness (QED) is 0.375. The fourth-order valence-electron chi connectivity index (χ4n) is 3.38. The molecule has 0 bridgehead atoms. The molecule has 1 heterocycles. The summed E-state index contributed by atoms with van der Waals surface area (Å²) in [4.78, 5) is 9.37. The number of guanidine groups is 1. The number of ether oxygens (including phenoxy) is 1. The zero-order valence-corrected chi connectivity index (χ0v) is 17.6. The molecule has 1 saturated heterocycles. The second-order valence-electron chi connectivity index (χ2n) is 8.04. The Labute approximate surface area is 155 Å². The van der Waals surface area contributed by atoms with Crippen molar-refractivity contribution in [1.82, 2.24) is 20.4 Å². The first-order valence-electron chi connectivity index (χ1n) is 9.81. The van der Waals surface area contributed by atoms with E-state index in [1.165, 1.54) is 0 Å². The van der Waals surface area contributed by atoms with Crippen molar-refractivity contribution in [2.75, 3.05) is 53.0 Å². The van der Waals surface area contributed by atoms with E-state index in [1.54, 1.807) is 0 Å². The average Bonchev–Trinajstić information content (AvgIpc) is 2.57. The number of hydrogen-bond acceptors (Lipinski definition) is 4. The summed E-state index contributed by atoms with van der Waals surface area (Å²) in [5.41, 5.74) is 0.0908. The maximum absolute atomic E-state index is 5.46. The van der Waals surface area contributed by atoms with E-state index in [4.69, 9.17) is 4.74 Å². The van der Waals surface area contributed by atoms with E-state index < -0.39 is 0 Å².